The van der Waals surface area contributed by atoms with Gasteiger partial charge in [-0.25, -0.2) is 0 Å². The molecule has 0 aliphatic rings. The molecule has 0 saturated heterocycles. The molecule has 0 aliphatic carbocycles. The van der Waals surface area contributed by atoms with Crippen molar-refractivity contribution >= 4 is 17.5 Å². The molecule has 1 rings (SSSR count). The van der Waals surface area contributed by atoms with E-state index in [4.69, 9.17) is 11.6 Å². The lowest BCUT2D eigenvalue weighted by Gasteiger charge is -2.05. The summed E-state index contributed by atoms with van der Waals surface area (Å²) in [7, 11) is 0. The number of rotatable bonds is 6. The Morgan fingerprint density at radius 3 is 2.59 bits per heavy atom. The van der Waals surface area contributed by atoms with E-state index in [0.717, 1.165) is 5.56 Å². The summed E-state index contributed by atoms with van der Waals surface area (Å²) in [6.07, 6.45) is -0.0854. The molecular weight excluding hydrogens is 252 g/mol. The average molecular weight is 264 g/mol. The lowest BCUT2D eigenvalue weighted by atomic mass is 10.2. The van der Waals surface area contributed by atoms with Crippen molar-refractivity contribution < 1.29 is 18.3 Å². The summed E-state index contributed by atoms with van der Waals surface area (Å²) in [4.78, 5) is 11.2. The number of carbonyl (C=O) groups excluding carboxylic acids is 1. The Kier molecular flexibility index (Phi) is 5.86. The number of hydrogen-bond acceptors (Lipinski definition) is 2. The van der Waals surface area contributed by atoms with Gasteiger partial charge in [0.15, 0.2) is 0 Å². The van der Waals surface area contributed by atoms with Gasteiger partial charge in [0, 0.05) is 11.6 Å². The van der Waals surface area contributed by atoms with E-state index in [9.17, 15) is 13.6 Å². The van der Waals surface area contributed by atoms with E-state index in [1.165, 1.54) is 0 Å². The molecule has 0 aliphatic heterocycles. The molecule has 0 spiro atoms. The van der Waals surface area contributed by atoms with Crippen molar-refractivity contribution in [2.24, 2.45) is 0 Å². The van der Waals surface area contributed by atoms with Gasteiger partial charge in [-0.15, -0.1) is 0 Å². The summed E-state index contributed by atoms with van der Waals surface area (Å²) in [5.41, 5.74) is 0.887. The Morgan fingerprint density at radius 2 is 2.00 bits per heavy atom. The van der Waals surface area contributed by atoms with Crippen LogP contribution in [-0.2, 0) is 16.1 Å². The topological polar surface area (TPSA) is 38.3 Å². The van der Waals surface area contributed by atoms with Crippen LogP contribution in [0, 0.1) is 0 Å². The van der Waals surface area contributed by atoms with Gasteiger partial charge in [-0.05, 0) is 17.7 Å². The molecule has 0 saturated carbocycles. The van der Waals surface area contributed by atoms with Crippen LogP contribution in [0.2, 0.25) is 5.02 Å². The molecular formula is C11H12ClF2NO2. The van der Waals surface area contributed by atoms with Gasteiger partial charge >= 0.3 is 6.61 Å². The van der Waals surface area contributed by atoms with E-state index in [0.29, 0.717) is 11.6 Å². The first-order valence-electron chi connectivity index (χ1n) is 4.99. The van der Waals surface area contributed by atoms with Crippen molar-refractivity contribution in [2.75, 3.05) is 6.61 Å². The molecule has 0 bridgehead atoms. The SMILES string of the molecule is O=C(CCOC(F)F)NCc1ccc(Cl)cc1. The molecule has 0 atom stereocenters. The van der Waals surface area contributed by atoms with E-state index >= 15 is 0 Å². The second kappa shape index (κ2) is 7.19. The van der Waals surface area contributed by atoms with Crippen molar-refractivity contribution in [1.29, 1.82) is 0 Å². The van der Waals surface area contributed by atoms with Crippen molar-refractivity contribution in [3.63, 3.8) is 0 Å². The molecule has 1 aromatic carbocycles. The minimum absolute atomic E-state index is 0.0854. The van der Waals surface area contributed by atoms with Gasteiger partial charge in [0.2, 0.25) is 5.91 Å². The molecule has 0 aromatic heterocycles. The van der Waals surface area contributed by atoms with Crippen LogP contribution in [0.15, 0.2) is 24.3 Å². The van der Waals surface area contributed by atoms with E-state index in [2.05, 4.69) is 10.1 Å². The first kappa shape index (κ1) is 13.9. The fourth-order valence-electron chi connectivity index (χ4n) is 1.13. The Hall–Kier alpha value is -1.20. The standard InChI is InChI=1S/C11H12ClF2NO2/c12-9-3-1-8(2-4-9)7-15-10(16)5-6-17-11(13)14/h1-4,11H,5-7H2,(H,15,16). The van der Waals surface area contributed by atoms with Crippen LogP contribution >= 0.6 is 11.6 Å². The van der Waals surface area contributed by atoms with Gasteiger partial charge in [-0.3, -0.25) is 4.79 Å². The van der Waals surface area contributed by atoms with Gasteiger partial charge in [0.1, 0.15) is 0 Å². The van der Waals surface area contributed by atoms with Gasteiger partial charge in [0.05, 0.1) is 13.0 Å². The third kappa shape index (κ3) is 6.19. The Labute approximate surface area is 103 Å². The average Bonchev–Trinajstić information content (AvgIpc) is 2.28. The number of halogens is 3. The number of ether oxygens (including phenoxy) is 1. The van der Waals surface area contributed by atoms with Crippen LogP contribution in [0.4, 0.5) is 8.78 Å². The first-order valence-corrected chi connectivity index (χ1v) is 5.36. The highest BCUT2D eigenvalue weighted by atomic mass is 35.5. The number of nitrogens with one attached hydrogen (secondary N) is 1. The van der Waals surface area contributed by atoms with Crippen LogP contribution < -0.4 is 5.32 Å². The summed E-state index contributed by atoms with van der Waals surface area (Å²) in [5.74, 6) is -0.333. The van der Waals surface area contributed by atoms with Crippen LogP contribution in [0.5, 0.6) is 0 Å². The number of carbonyl (C=O) groups is 1. The van der Waals surface area contributed by atoms with Crippen molar-refractivity contribution in [2.45, 2.75) is 19.6 Å². The number of alkyl halides is 2. The molecule has 0 heterocycles. The molecule has 1 N–H and O–H groups in total. The number of amides is 1. The molecule has 94 valence electrons. The highest BCUT2D eigenvalue weighted by Gasteiger charge is 2.05. The highest BCUT2D eigenvalue weighted by Crippen LogP contribution is 2.09. The predicted molar refractivity (Wildman–Crippen MR) is 59.9 cm³/mol. The summed E-state index contributed by atoms with van der Waals surface area (Å²) >= 11 is 5.70. The summed E-state index contributed by atoms with van der Waals surface area (Å²) < 4.78 is 27.2. The Balaban J connectivity index is 2.21. The van der Waals surface area contributed by atoms with Gasteiger partial charge < -0.3 is 10.1 Å². The van der Waals surface area contributed by atoms with Crippen LogP contribution in [0.3, 0.4) is 0 Å². The van der Waals surface area contributed by atoms with Crippen molar-refractivity contribution in [3.8, 4) is 0 Å². The lowest BCUT2D eigenvalue weighted by Crippen LogP contribution is -2.24. The Bertz CT molecular complexity index is 357. The zero-order valence-electron chi connectivity index (χ0n) is 8.96. The zero-order valence-corrected chi connectivity index (χ0v) is 9.71. The minimum atomic E-state index is -2.83. The normalized spacial score (nSPS) is 10.6. The monoisotopic (exact) mass is 263 g/mol. The smallest absolute Gasteiger partial charge is 0.345 e. The minimum Gasteiger partial charge on any atom is -0.352 e. The zero-order chi connectivity index (χ0) is 12.7. The summed E-state index contributed by atoms with van der Waals surface area (Å²) in [5, 5.41) is 3.20. The molecule has 6 heteroatoms. The van der Waals surface area contributed by atoms with Crippen LogP contribution in [-0.4, -0.2) is 19.1 Å². The predicted octanol–water partition coefficient (Wildman–Crippen LogP) is 2.59. The third-order valence-corrected chi connectivity index (χ3v) is 2.23. The summed E-state index contributed by atoms with van der Waals surface area (Å²) in [6, 6.07) is 6.97. The van der Waals surface area contributed by atoms with E-state index < -0.39 is 6.61 Å². The number of benzene rings is 1. The van der Waals surface area contributed by atoms with E-state index in [1.54, 1.807) is 24.3 Å². The van der Waals surface area contributed by atoms with E-state index in [1.807, 2.05) is 0 Å². The second-order valence-corrected chi connectivity index (χ2v) is 3.72. The second-order valence-electron chi connectivity index (χ2n) is 3.28. The molecule has 0 unspecified atom stereocenters. The molecule has 3 nitrogen and oxygen atoms in total. The third-order valence-electron chi connectivity index (χ3n) is 1.98. The molecule has 1 amide bonds. The molecule has 0 fully saturated rings. The largest absolute Gasteiger partial charge is 0.352 e. The maximum atomic E-state index is 11.6. The Morgan fingerprint density at radius 1 is 1.35 bits per heavy atom. The lowest BCUT2D eigenvalue weighted by molar-refractivity contribution is -0.138. The van der Waals surface area contributed by atoms with Crippen LogP contribution in [0.25, 0.3) is 0 Å². The van der Waals surface area contributed by atoms with Gasteiger partial charge in [-0.2, -0.15) is 8.78 Å². The molecule has 0 radical (unpaired) electrons. The van der Waals surface area contributed by atoms with Crippen molar-refractivity contribution in [1.82, 2.24) is 5.32 Å². The fraction of sp³-hybridized carbons (Fsp3) is 0.364. The van der Waals surface area contributed by atoms with Gasteiger partial charge in [0.25, 0.3) is 0 Å². The maximum absolute atomic E-state index is 11.6. The first-order chi connectivity index (χ1) is 8.08. The van der Waals surface area contributed by atoms with Crippen molar-refractivity contribution in [3.05, 3.63) is 34.9 Å². The van der Waals surface area contributed by atoms with Crippen LogP contribution in [0.1, 0.15) is 12.0 Å². The fourth-order valence-corrected chi connectivity index (χ4v) is 1.26. The summed E-state index contributed by atoms with van der Waals surface area (Å²) in [6.45, 7) is -2.78. The maximum Gasteiger partial charge on any atom is 0.345 e. The number of hydrogen-bond donors (Lipinski definition) is 1. The quantitative estimate of drug-likeness (QED) is 0.857. The molecule has 17 heavy (non-hydrogen) atoms. The highest BCUT2D eigenvalue weighted by molar-refractivity contribution is 6.30. The van der Waals surface area contributed by atoms with E-state index in [-0.39, 0.29) is 18.9 Å². The molecule has 1 aromatic rings. The van der Waals surface area contributed by atoms with Gasteiger partial charge in [-0.1, -0.05) is 23.7 Å².